The Hall–Kier alpha value is -0.940. The summed E-state index contributed by atoms with van der Waals surface area (Å²) >= 11 is 1.57. The normalized spacial score (nSPS) is 24.3. The molecule has 0 aromatic carbocycles. The third kappa shape index (κ3) is 2.54. The molecule has 1 N–H and O–H groups in total. The number of thiazole rings is 1. The van der Waals surface area contributed by atoms with Gasteiger partial charge in [-0.25, -0.2) is 4.98 Å². The van der Waals surface area contributed by atoms with Crippen molar-refractivity contribution in [1.82, 2.24) is 9.88 Å². The molecular formula is C14H20N2O2S. The molecular weight excluding hydrogens is 260 g/mol. The van der Waals surface area contributed by atoms with E-state index >= 15 is 0 Å². The number of aliphatic hydroxyl groups is 1. The zero-order chi connectivity index (χ0) is 13.4. The Morgan fingerprint density at radius 1 is 1.37 bits per heavy atom. The van der Waals surface area contributed by atoms with Crippen LogP contribution in [0.25, 0.3) is 0 Å². The zero-order valence-corrected chi connectivity index (χ0v) is 12.1. The van der Waals surface area contributed by atoms with Crippen LogP contribution in [0.5, 0.6) is 0 Å². The predicted molar refractivity (Wildman–Crippen MR) is 74.6 cm³/mol. The van der Waals surface area contributed by atoms with Gasteiger partial charge >= 0.3 is 0 Å². The van der Waals surface area contributed by atoms with Crippen molar-refractivity contribution in [3.63, 3.8) is 0 Å². The second kappa shape index (κ2) is 5.21. The molecule has 2 aliphatic rings. The molecule has 0 bridgehead atoms. The summed E-state index contributed by atoms with van der Waals surface area (Å²) in [5.41, 5.74) is 0.860. The zero-order valence-electron chi connectivity index (χ0n) is 11.3. The van der Waals surface area contributed by atoms with Gasteiger partial charge in [-0.2, -0.15) is 0 Å². The van der Waals surface area contributed by atoms with E-state index in [0.29, 0.717) is 25.4 Å². The van der Waals surface area contributed by atoms with Crippen molar-refractivity contribution in [2.75, 3.05) is 13.1 Å². The highest BCUT2D eigenvalue weighted by Gasteiger charge is 2.29. The number of carbonyl (C=O) groups is 1. The molecule has 104 valence electrons. The lowest BCUT2D eigenvalue weighted by molar-refractivity contribution is 0.0769. The predicted octanol–water partition coefficient (Wildman–Crippen LogP) is 2.32. The number of aliphatic hydroxyl groups excluding tert-OH is 1. The summed E-state index contributed by atoms with van der Waals surface area (Å²) in [6.45, 7) is 3.06. The van der Waals surface area contributed by atoms with Gasteiger partial charge in [0, 0.05) is 19.0 Å². The van der Waals surface area contributed by atoms with E-state index in [-0.39, 0.29) is 12.0 Å². The average Bonchev–Trinajstić information content (AvgIpc) is 3.07. The quantitative estimate of drug-likeness (QED) is 0.904. The smallest absolute Gasteiger partial charge is 0.265 e. The molecule has 3 rings (SSSR count). The van der Waals surface area contributed by atoms with Gasteiger partial charge in [0.2, 0.25) is 0 Å². The largest absolute Gasteiger partial charge is 0.391 e. The molecule has 0 radical (unpaired) electrons. The molecule has 0 unspecified atom stereocenters. The summed E-state index contributed by atoms with van der Waals surface area (Å²) in [6, 6.07) is 0. The van der Waals surface area contributed by atoms with E-state index in [1.165, 1.54) is 25.7 Å². The summed E-state index contributed by atoms with van der Waals surface area (Å²) in [7, 11) is 0. The summed E-state index contributed by atoms with van der Waals surface area (Å²) in [5, 5.41) is 10.7. The molecule has 1 aromatic rings. The second-order valence-corrected chi connectivity index (χ2v) is 6.67. The standard InChI is InChI=1S/C14H20N2O2S/c1-9-12(14(18)16-7-6-11(17)8-16)19-13(15-9)10-4-2-3-5-10/h10-11,17H,2-8H2,1H3/t11-/m1/s1. The van der Waals surface area contributed by atoms with Crippen molar-refractivity contribution < 1.29 is 9.90 Å². The van der Waals surface area contributed by atoms with E-state index in [9.17, 15) is 9.90 Å². The number of amides is 1. The van der Waals surface area contributed by atoms with Crippen LogP contribution in [0.4, 0.5) is 0 Å². The van der Waals surface area contributed by atoms with E-state index in [2.05, 4.69) is 4.98 Å². The van der Waals surface area contributed by atoms with Crippen molar-refractivity contribution >= 4 is 17.2 Å². The molecule has 4 nitrogen and oxygen atoms in total. The van der Waals surface area contributed by atoms with E-state index in [4.69, 9.17) is 0 Å². The van der Waals surface area contributed by atoms with Crippen LogP contribution < -0.4 is 0 Å². The number of β-amino-alcohol motifs (C(OH)–C–C–N with tert-alkyl or cyclic N) is 1. The summed E-state index contributed by atoms with van der Waals surface area (Å²) in [6.07, 6.45) is 5.33. The minimum atomic E-state index is -0.355. The van der Waals surface area contributed by atoms with Crippen LogP contribution in [-0.4, -0.2) is 40.1 Å². The lowest BCUT2D eigenvalue weighted by Gasteiger charge is -2.14. The molecule has 1 saturated carbocycles. The molecule has 5 heteroatoms. The highest BCUT2D eigenvalue weighted by molar-refractivity contribution is 7.13. The number of hydrogen-bond acceptors (Lipinski definition) is 4. The van der Waals surface area contributed by atoms with Crippen molar-refractivity contribution in [2.45, 2.75) is 51.0 Å². The maximum Gasteiger partial charge on any atom is 0.265 e. The molecule has 1 aromatic heterocycles. The Bertz CT molecular complexity index is 480. The molecule has 19 heavy (non-hydrogen) atoms. The number of likely N-dealkylation sites (tertiary alicyclic amines) is 1. The van der Waals surface area contributed by atoms with Crippen LogP contribution in [0.3, 0.4) is 0 Å². The van der Waals surface area contributed by atoms with Gasteiger partial charge in [0.25, 0.3) is 5.91 Å². The molecule has 2 heterocycles. The molecule has 1 atom stereocenters. The molecule has 1 amide bonds. The second-order valence-electron chi connectivity index (χ2n) is 5.64. The molecule has 1 aliphatic heterocycles. The third-order valence-electron chi connectivity index (χ3n) is 4.16. The first-order chi connectivity index (χ1) is 9.15. The Morgan fingerprint density at radius 2 is 2.11 bits per heavy atom. The van der Waals surface area contributed by atoms with Crippen LogP contribution in [0.1, 0.15) is 58.4 Å². The van der Waals surface area contributed by atoms with E-state index in [0.717, 1.165) is 15.6 Å². The van der Waals surface area contributed by atoms with Crippen LogP contribution in [0, 0.1) is 6.92 Å². The van der Waals surface area contributed by atoms with E-state index in [1.807, 2.05) is 6.92 Å². The number of hydrogen-bond donors (Lipinski definition) is 1. The lowest BCUT2D eigenvalue weighted by Crippen LogP contribution is -2.29. The minimum Gasteiger partial charge on any atom is -0.391 e. The van der Waals surface area contributed by atoms with Crippen LogP contribution in [-0.2, 0) is 0 Å². The van der Waals surface area contributed by atoms with Gasteiger partial charge in [-0.3, -0.25) is 4.79 Å². The molecule has 0 spiro atoms. The van der Waals surface area contributed by atoms with Gasteiger partial charge in [0.15, 0.2) is 0 Å². The third-order valence-corrected chi connectivity index (χ3v) is 5.47. The van der Waals surface area contributed by atoms with E-state index in [1.54, 1.807) is 16.2 Å². The van der Waals surface area contributed by atoms with Crippen LogP contribution >= 0.6 is 11.3 Å². The van der Waals surface area contributed by atoms with Gasteiger partial charge in [-0.1, -0.05) is 12.8 Å². The Morgan fingerprint density at radius 3 is 2.74 bits per heavy atom. The fraction of sp³-hybridized carbons (Fsp3) is 0.714. The Balaban J connectivity index is 1.78. The number of aromatic nitrogens is 1. The summed E-state index contributed by atoms with van der Waals surface area (Å²) in [4.78, 5) is 19.6. The SMILES string of the molecule is Cc1nc(C2CCCC2)sc1C(=O)N1CC[C@@H](O)C1. The first kappa shape index (κ1) is 13.1. The molecule has 1 saturated heterocycles. The summed E-state index contributed by atoms with van der Waals surface area (Å²) in [5.74, 6) is 0.616. The maximum atomic E-state index is 12.4. The molecule has 1 aliphatic carbocycles. The van der Waals surface area contributed by atoms with Crippen molar-refractivity contribution in [2.24, 2.45) is 0 Å². The number of carbonyl (C=O) groups excluding carboxylic acids is 1. The highest BCUT2D eigenvalue weighted by atomic mass is 32.1. The monoisotopic (exact) mass is 280 g/mol. The number of nitrogens with zero attached hydrogens (tertiary/aromatic N) is 2. The van der Waals surface area contributed by atoms with Gasteiger partial charge < -0.3 is 10.0 Å². The fourth-order valence-corrected chi connectivity index (χ4v) is 4.24. The van der Waals surface area contributed by atoms with Gasteiger partial charge in [-0.05, 0) is 26.2 Å². The minimum absolute atomic E-state index is 0.0517. The maximum absolute atomic E-state index is 12.4. The van der Waals surface area contributed by atoms with E-state index < -0.39 is 0 Å². The highest BCUT2D eigenvalue weighted by Crippen LogP contribution is 2.37. The average molecular weight is 280 g/mol. The van der Waals surface area contributed by atoms with Crippen LogP contribution in [0.2, 0.25) is 0 Å². The first-order valence-corrected chi connectivity index (χ1v) is 7.91. The fourth-order valence-electron chi connectivity index (χ4n) is 3.03. The van der Waals surface area contributed by atoms with Gasteiger partial charge in [-0.15, -0.1) is 11.3 Å². The Labute approximate surface area is 117 Å². The number of rotatable bonds is 2. The van der Waals surface area contributed by atoms with Gasteiger partial charge in [0.05, 0.1) is 16.8 Å². The topological polar surface area (TPSA) is 53.4 Å². The first-order valence-electron chi connectivity index (χ1n) is 7.10. The van der Waals surface area contributed by atoms with Crippen LogP contribution in [0.15, 0.2) is 0 Å². The Kier molecular flexibility index (Phi) is 3.58. The molecule has 2 fully saturated rings. The van der Waals surface area contributed by atoms with Crippen molar-refractivity contribution in [3.8, 4) is 0 Å². The number of aryl methyl sites for hydroxylation is 1. The summed E-state index contributed by atoms with van der Waals surface area (Å²) < 4.78 is 0. The lowest BCUT2D eigenvalue weighted by atomic mass is 10.1. The van der Waals surface area contributed by atoms with Crippen molar-refractivity contribution in [1.29, 1.82) is 0 Å². The van der Waals surface area contributed by atoms with Crippen molar-refractivity contribution in [3.05, 3.63) is 15.6 Å². The van der Waals surface area contributed by atoms with Gasteiger partial charge in [0.1, 0.15) is 4.88 Å².